The van der Waals surface area contributed by atoms with Crippen molar-refractivity contribution in [2.45, 2.75) is 26.8 Å². The topological polar surface area (TPSA) is 39.7 Å². The highest BCUT2D eigenvalue weighted by molar-refractivity contribution is 5.48. The van der Waals surface area contributed by atoms with Gasteiger partial charge in [0, 0.05) is 24.9 Å². The smallest absolute Gasteiger partial charge is 0.121 e. The largest absolute Gasteiger partial charge is 0.494 e. The van der Waals surface area contributed by atoms with Crippen molar-refractivity contribution in [1.82, 2.24) is 0 Å². The van der Waals surface area contributed by atoms with Gasteiger partial charge in [0.05, 0.1) is 13.2 Å². The standard InChI is InChI=1S/C20H27NO3/c1-3-12-23-19-10-8-17(9-11-19)16-21-18-6-5-7-20(15-18)24-14-13-22-4-2/h5-11,15,21H,3-4,12-14,16H2,1-2H3. The van der Waals surface area contributed by atoms with Crippen LogP contribution >= 0.6 is 0 Å². The van der Waals surface area contributed by atoms with E-state index < -0.39 is 0 Å². The van der Waals surface area contributed by atoms with Crippen molar-refractivity contribution in [3.05, 3.63) is 54.1 Å². The van der Waals surface area contributed by atoms with Gasteiger partial charge in [0.25, 0.3) is 0 Å². The number of nitrogens with one attached hydrogen (secondary N) is 1. The van der Waals surface area contributed by atoms with Crippen LogP contribution in [0, 0.1) is 0 Å². The van der Waals surface area contributed by atoms with Gasteiger partial charge in [0.2, 0.25) is 0 Å². The van der Waals surface area contributed by atoms with Crippen molar-refractivity contribution in [2.24, 2.45) is 0 Å². The van der Waals surface area contributed by atoms with Crippen molar-refractivity contribution < 1.29 is 14.2 Å². The van der Waals surface area contributed by atoms with Gasteiger partial charge in [-0.1, -0.05) is 25.1 Å². The highest BCUT2D eigenvalue weighted by Gasteiger charge is 1.99. The van der Waals surface area contributed by atoms with E-state index in [1.807, 2.05) is 43.3 Å². The summed E-state index contributed by atoms with van der Waals surface area (Å²) in [6.45, 7) is 7.49. The second kappa shape index (κ2) is 10.6. The maximum Gasteiger partial charge on any atom is 0.121 e. The van der Waals surface area contributed by atoms with Crippen LogP contribution in [0.3, 0.4) is 0 Å². The number of anilines is 1. The molecule has 1 N–H and O–H groups in total. The Kier molecular flexibility index (Phi) is 7.98. The van der Waals surface area contributed by atoms with E-state index in [0.717, 1.165) is 36.8 Å². The minimum Gasteiger partial charge on any atom is -0.494 e. The molecule has 0 aliphatic carbocycles. The van der Waals surface area contributed by atoms with Crippen LogP contribution in [0.2, 0.25) is 0 Å². The third kappa shape index (κ3) is 6.50. The average Bonchev–Trinajstić information content (AvgIpc) is 2.63. The van der Waals surface area contributed by atoms with Gasteiger partial charge >= 0.3 is 0 Å². The van der Waals surface area contributed by atoms with Gasteiger partial charge in [0.1, 0.15) is 18.1 Å². The molecule has 0 amide bonds. The molecule has 0 aliphatic heterocycles. The van der Waals surface area contributed by atoms with Crippen LogP contribution < -0.4 is 14.8 Å². The number of rotatable bonds is 11. The molecule has 0 radical (unpaired) electrons. The molecule has 0 heterocycles. The molecular weight excluding hydrogens is 302 g/mol. The maximum atomic E-state index is 5.67. The molecule has 130 valence electrons. The lowest BCUT2D eigenvalue weighted by atomic mass is 10.2. The van der Waals surface area contributed by atoms with Gasteiger partial charge in [0.15, 0.2) is 0 Å². The Morgan fingerprint density at radius 1 is 0.833 bits per heavy atom. The SMILES string of the molecule is CCCOc1ccc(CNc2cccc(OCCOCC)c2)cc1. The van der Waals surface area contributed by atoms with E-state index >= 15 is 0 Å². The summed E-state index contributed by atoms with van der Waals surface area (Å²) in [5, 5.41) is 3.41. The van der Waals surface area contributed by atoms with Gasteiger partial charge < -0.3 is 19.5 Å². The zero-order chi connectivity index (χ0) is 17.0. The fraction of sp³-hybridized carbons (Fsp3) is 0.400. The summed E-state index contributed by atoms with van der Waals surface area (Å²) in [4.78, 5) is 0. The van der Waals surface area contributed by atoms with Crippen LogP contribution in [0.25, 0.3) is 0 Å². The van der Waals surface area contributed by atoms with Gasteiger partial charge in [-0.3, -0.25) is 0 Å². The minimum absolute atomic E-state index is 0.566. The highest BCUT2D eigenvalue weighted by Crippen LogP contribution is 2.19. The lowest BCUT2D eigenvalue weighted by molar-refractivity contribution is 0.110. The lowest BCUT2D eigenvalue weighted by Gasteiger charge is -2.11. The third-order valence-electron chi connectivity index (χ3n) is 3.43. The average molecular weight is 329 g/mol. The molecular formula is C20H27NO3. The second-order valence-electron chi connectivity index (χ2n) is 5.42. The van der Waals surface area contributed by atoms with Gasteiger partial charge in [-0.25, -0.2) is 0 Å². The number of hydrogen-bond donors (Lipinski definition) is 1. The van der Waals surface area contributed by atoms with E-state index in [2.05, 4.69) is 24.4 Å². The fourth-order valence-corrected chi connectivity index (χ4v) is 2.19. The Labute approximate surface area is 144 Å². The third-order valence-corrected chi connectivity index (χ3v) is 3.43. The van der Waals surface area contributed by atoms with E-state index in [1.165, 1.54) is 5.56 Å². The first-order valence-electron chi connectivity index (χ1n) is 8.58. The quantitative estimate of drug-likeness (QED) is 0.616. The Morgan fingerprint density at radius 2 is 1.62 bits per heavy atom. The summed E-state index contributed by atoms with van der Waals surface area (Å²) in [6, 6.07) is 16.2. The molecule has 2 rings (SSSR count). The summed E-state index contributed by atoms with van der Waals surface area (Å²) in [7, 11) is 0. The molecule has 24 heavy (non-hydrogen) atoms. The van der Waals surface area contributed by atoms with Crippen LogP contribution in [-0.4, -0.2) is 26.4 Å². The molecule has 0 aliphatic rings. The summed E-state index contributed by atoms with van der Waals surface area (Å²) >= 11 is 0. The molecule has 0 fully saturated rings. The van der Waals surface area contributed by atoms with Crippen molar-refractivity contribution in [3.8, 4) is 11.5 Å². The van der Waals surface area contributed by atoms with E-state index in [-0.39, 0.29) is 0 Å². The van der Waals surface area contributed by atoms with Crippen molar-refractivity contribution in [2.75, 3.05) is 31.7 Å². The monoisotopic (exact) mass is 329 g/mol. The predicted molar refractivity (Wildman–Crippen MR) is 98.0 cm³/mol. The first-order valence-corrected chi connectivity index (χ1v) is 8.58. The van der Waals surface area contributed by atoms with Gasteiger partial charge in [-0.05, 0) is 43.2 Å². The zero-order valence-corrected chi connectivity index (χ0v) is 14.6. The highest BCUT2D eigenvalue weighted by atomic mass is 16.5. The summed E-state index contributed by atoms with van der Waals surface area (Å²) in [5.41, 5.74) is 2.25. The predicted octanol–water partition coefficient (Wildman–Crippen LogP) is 4.50. The molecule has 4 nitrogen and oxygen atoms in total. The number of ether oxygens (including phenoxy) is 3. The molecule has 0 unspecified atom stereocenters. The first-order chi connectivity index (χ1) is 11.8. The van der Waals surface area contributed by atoms with Gasteiger partial charge in [-0.2, -0.15) is 0 Å². The van der Waals surface area contributed by atoms with E-state index in [0.29, 0.717) is 19.8 Å². The fourth-order valence-electron chi connectivity index (χ4n) is 2.19. The first kappa shape index (κ1) is 18.1. The Balaban J connectivity index is 1.80. The molecule has 4 heteroatoms. The molecule has 2 aromatic rings. The van der Waals surface area contributed by atoms with Crippen LogP contribution in [0.15, 0.2) is 48.5 Å². The molecule has 0 spiro atoms. The Hall–Kier alpha value is -2.20. The number of benzene rings is 2. The zero-order valence-electron chi connectivity index (χ0n) is 14.6. The van der Waals surface area contributed by atoms with Gasteiger partial charge in [-0.15, -0.1) is 0 Å². The van der Waals surface area contributed by atoms with E-state index in [9.17, 15) is 0 Å². The summed E-state index contributed by atoms with van der Waals surface area (Å²) < 4.78 is 16.5. The van der Waals surface area contributed by atoms with Crippen LogP contribution in [0.1, 0.15) is 25.8 Å². The minimum atomic E-state index is 0.566. The Bertz CT molecular complexity index is 584. The summed E-state index contributed by atoms with van der Waals surface area (Å²) in [6.07, 6.45) is 1.02. The molecule has 0 aromatic heterocycles. The lowest BCUT2D eigenvalue weighted by Crippen LogP contribution is -2.06. The van der Waals surface area contributed by atoms with Crippen LogP contribution in [-0.2, 0) is 11.3 Å². The van der Waals surface area contributed by atoms with E-state index in [4.69, 9.17) is 14.2 Å². The Morgan fingerprint density at radius 3 is 2.38 bits per heavy atom. The molecule has 0 atom stereocenters. The second-order valence-corrected chi connectivity index (χ2v) is 5.42. The van der Waals surface area contributed by atoms with Crippen LogP contribution in [0.5, 0.6) is 11.5 Å². The maximum absolute atomic E-state index is 5.67. The number of hydrogen-bond acceptors (Lipinski definition) is 4. The molecule has 0 saturated carbocycles. The summed E-state index contributed by atoms with van der Waals surface area (Å²) in [5.74, 6) is 1.77. The van der Waals surface area contributed by atoms with E-state index in [1.54, 1.807) is 0 Å². The molecule has 2 aromatic carbocycles. The van der Waals surface area contributed by atoms with Crippen molar-refractivity contribution in [3.63, 3.8) is 0 Å². The molecule has 0 saturated heterocycles. The normalized spacial score (nSPS) is 10.4. The van der Waals surface area contributed by atoms with Crippen LogP contribution in [0.4, 0.5) is 5.69 Å². The van der Waals surface area contributed by atoms with Crippen molar-refractivity contribution >= 4 is 5.69 Å². The van der Waals surface area contributed by atoms with Crippen molar-refractivity contribution in [1.29, 1.82) is 0 Å². The molecule has 0 bridgehead atoms.